The quantitative estimate of drug-likeness (QED) is 0.424. The second kappa shape index (κ2) is 11.1. The van der Waals surface area contributed by atoms with E-state index in [1.807, 2.05) is 13.8 Å². The number of carbonyl (C=O) groups excluding carboxylic acids is 1. The third-order valence-electron chi connectivity index (χ3n) is 6.65. The second-order valence-corrected chi connectivity index (χ2v) is 13.5. The standard InChI is InChI=1S/C27H30ClN3O5S2/c1-20-7-11-23(12-8-20)37(33,34)30-17-15-29(16-18-30)27(32)19-31(26-6-4-5-25(28)22(26)3)38(35,36)24-13-9-21(2)10-14-24/h4-14H,15-19H2,1-3H3. The first-order valence-corrected chi connectivity index (χ1v) is 15.4. The molecule has 4 rings (SSSR count). The molecule has 0 radical (unpaired) electrons. The van der Waals surface area contributed by atoms with Gasteiger partial charge in [0.25, 0.3) is 10.0 Å². The zero-order valence-corrected chi connectivity index (χ0v) is 23.9. The van der Waals surface area contributed by atoms with Gasteiger partial charge >= 0.3 is 0 Å². The number of anilines is 1. The molecular weight excluding hydrogens is 546 g/mol. The van der Waals surface area contributed by atoms with Gasteiger partial charge in [0.1, 0.15) is 6.54 Å². The van der Waals surface area contributed by atoms with Crippen molar-refractivity contribution in [1.82, 2.24) is 9.21 Å². The first kappa shape index (κ1) is 28.1. The molecule has 3 aromatic rings. The molecule has 0 N–H and O–H groups in total. The van der Waals surface area contributed by atoms with E-state index in [1.54, 1.807) is 61.5 Å². The van der Waals surface area contributed by atoms with Crippen molar-refractivity contribution in [2.75, 3.05) is 37.0 Å². The Morgan fingerprint density at radius 3 is 1.87 bits per heavy atom. The van der Waals surface area contributed by atoms with Crippen LogP contribution in [0, 0.1) is 20.8 Å². The Balaban J connectivity index is 1.56. The number of carbonyl (C=O) groups is 1. The number of sulfonamides is 2. The molecule has 8 nitrogen and oxygen atoms in total. The number of rotatable bonds is 7. The van der Waals surface area contributed by atoms with Crippen LogP contribution in [0.5, 0.6) is 0 Å². The van der Waals surface area contributed by atoms with Crippen LogP contribution in [0.2, 0.25) is 5.02 Å². The predicted molar refractivity (Wildman–Crippen MR) is 148 cm³/mol. The van der Waals surface area contributed by atoms with E-state index in [9.17, 15) is 21.6 Å². The molecule has 0 saturated carbocycles. The number of benzene rings is 3. The summed E-state index contributed by atoms with van der Waals surface area (Å²) in [6.07, 6.45) is 0. The molecule has 38 heavy (non-hydrogen) atoms. The highest BCUT2D eigenvalue weighted by Gasteiger charge is 2.33. The predicted octanol–water partition coefficient (Wildman–Crippen LogP) is 3.99. The number of aryl methyl sites for hydroxylation is 2. The minimum Gasteiger partial charge on any atom is -0.338 e. The number of nitrogens with zero attached hydrogens (tertiary/aromatic N) is 3. The van der Waals surface area contributed by atoms with Crippen molar-refractivity contribution in [1.29, 1.82) is 0 Å². The molecule has 0 unspecified atom stereocenters. The second-order valence-electron chi connectivity index (χ2n) is 9.31. The molecule has 0 spiro atoms. The summed E-state index contributed by atoms with van der Waals surface area (Å²) in [5.74, 6) is -0.424. The topological polar surface area (TPSA) is 95.1 Å². The van der Waals surface area contributed by atoms with Crippen LogP contribution in [0.1, 0.15) is 16.7 Å². The van der Waals surface area contributed by atoms with Gasteiger partial charge in [0.05, 0.1) is 15.5 Å². The number of amides is 1. The smallest absolute Gasteiger partial charge is 0.264 e. The summed E-state index contributed by atoms with van der Waals surface area (Å²) in [5, 5.41) is 0.383. The maximum Gasteiger partial charge on any atom is 0.264 e. The molecule has 0 atom stereocenters. The van der Waals surface area contributed by atoms with Gasteiger partial charge < -0.3 is 4.90 Å². The van der Waals surface area contributed by atoms with Crippen LogP contribution < -0.4 is 4.31 Å². The minimum atomic E-state index is -4.10. The van der Waals surface area contributed by atoms with Crippen LogP contribution >= 0.6 is 11.6 Å². The largest absolute Gasteiger partial charge is 0.338 e. The van der Waals surface area contributed by atoms with E-state index in [4.69, 9.17) is 11.6 Å². The Morgan fingerprint density at radius 1 is 0.789 bits per heavy atom. The highest BCUT2D eigenvalue weighted by atomic mass is 35.5. The Kier molecular flexibility index (Phi) is 8.17. The van der Waals surface area contributed by atoms with Crippen molar-refractivity contribution in [3.63, 3.8) is 0 Å². The maximum atomic E-state index is 13.7. The van der Waals surface area contributed by atoms with Crippen molar-refractivity contribution in [2.45, 2.75) is 30.6 Å². The molecule has 1 amide bonds. The fourth-order valence-electron chi connectivity index (χ4n) is 4.26. The number of hydrogen-bond donors (Lipinski definition) is 0. The maximum absolute atomic E-state index is 13.7. The van der Waals surface area contributed by atoms with Crippen molar-refractivity contribution >= 4 is 43.2 Å². The molecule has 11 heteroatoms. The van der Waals surface area contributed by atoms with Gasteiger partial charge in [-0.1, -0.05) is 53.1 Å². The van der Waals surface area contributed by atoms with Crippen LogP contribution in [0.4, 0.5) is 5.69 Å². The van der Waals surface area contributed by atoms with Crippen molar-refractivity contribution in [3.8, 4) is 0 Å². The van der Waals surface area contributed by atoms with Crippen LogP contribution in [0.25, 0.3) is 0 Å². The molecule has 3 aromatic carbocycles. The molecule has 1 aliphatic rings. The molecule has 0 aliphatic carbocycles. The van der Waals surface area contributed by atoms with Gasteiger partial charge in [0.15, 0.2) is 0 Å². The van der Waals surface area contributed by atoms with Gasteiger partial charge in [-0.05, 0) is 62.7 Å². The average Bonchev–Trinajstić information content (AvgIpc) is 2.89. The summed E-state index contributed by atoms with van der Waals surface area (Å²) < 4.78 is 55.9. The SMILES string of the molecule is Cc1ccc(S(=O)(=O)N2CCN(C(=O)CN(c3cccc(Cl)c3C)S(=O)(=O)c3ccc(C)cc3)CC2)cc1. The Morgan fingerprint density at radius 2 is 1.32 bits per heavy atom. The minimum absolute atomic E-state index is 0.0595. The summed E-state index contributed by atoms with van der Waals surface area (Å²) in [7, 11) is -7.79. The lowest BCUT2D eigenvalue weighted by atomic mass is 10.2. The zero-order chi connectivity index (χ0) is 27.7. The lowest BCUT2D eigenvalue weighted by molar-refractivity contribution is -0.130. The fourth-order valence-corrected chi connectivity index (χ4v) is 7.33. The Labute approximate surface area is 229 Å². The Bertz CT molecular complexity index is 1530. The van der Waals surface area contributed by atoms with Crippen LogP contribution in [-0.4, -0.2) is 64.7 Å². The van der Waals surface area contributed by atoms with Crippen LogP contribution in [0.15, 0.2) is 76.5 Å². The summed E-state index contributed by atoms with van der Waals surface area (Å²) >= 11 is 6.30. The van der Waals surface area contributed by atoms with E-state index in [0.717, 1.165) is 15.4 Å². The monoisotopic (exact) mass is 575 g/mol. The van der Waals surface area contributed by atoms with Gasteiger partial charge in [0, 0.05) is 31.2 Å². The lowest BCUT2D eigenvalue weighted by Crippen LogP contribution is -2.53. The third-order valence-corrected chi connectivity index (χ3v) is 10.7. The van der Waals surface area contributed by atoms with Gasteiger partial charge in [-0.2, -0.15) is 4.31 Å². The summed E-state index contributed by atoms with van der Waals surface area (Å²) in [4.78, 5) is 15.2. The van der Waals surface area contributed by atoms with Gasteiger partial charge in [-0.3, -0.25) is 9.10 Å². The van der Waals surface area contributed by atoms with E-state index < -0.39 is 32.5 Å². The zero-order valence-electron chi connectivity index (χ0n) is 21.5. The molecule has 0 bridgehead atoms. The molecule has 1 aliphatic heterocycles. The van der Waals surface area contributed by atoms with E-state index in [0.29, 0.717) is 16.3 Å². The van der Waals surface area contributed by atoms with Crippen molar-refractivity contribution in [2.24, 2.45) is 0 Å². The van der Waals surface area contributed by atoms with Crippen molar-refractivity contribution in [3.05, 3.63) is 88.4 Å². The average molecular weight is 576 g/mol. The van der Waals surface area contributed by atoms with Gasteiger partial charge in [-0.25, -0.2) is 16.8 Å². The summed E-state index contributed by atoms with van der Waals surface area (Å²) in [6, 6.07) is 18.0. The third kappa shape index (κ3) is 5.73. The van der Waals surface area contributed by atoms with Gasteiger partial charge in [-0.15, -0.1) is 0 Å². The number of hydrogen-bond acceptors (Lipinski definition) is 5. The summed E-state index contributed by atoms with van der Waals surface area (Å²) in [6.45, 7) is 5.53. The first-order chi connectivity index (χ1) is 17.9. The van der Waals surface area contributed by atoms with Gasteiger partial charge in [0.2, 0.25) is 15.9 Å². The van der Waals surface area contributed by atoms with E-state index >= 15 is 0 Å². The molecule has 202 valence electrons. The highest BCUT2D eigenvalue weighted by molar-refractivity contribution is 7.92. The number of halogens is 1. The van der Waals surface area contributed by atoms with Crippen LogP contribution in [0.3, 0.4) is 0 Å². The molecule has 0 aromatic heterocycles. The molecule has 1 saturated heterocycles. The fraction of sp³-hybridized carbons (Fsp3) is 0.296. The molecular formula is C27H30ClN3O5S2. The highest BCUT2D eigenvalue weighted by Crippen LogP contribution is 2.31. The molecule has 1 fully saturated rings. The first-order valence-electron chi connectivity index (χ1n) is 12.1. The lowest BCUT2D eigenvalue weighted by Gasteiger charge is -2.35. The van der Waals surface area contributed by atoms with E-state index in [2.05, 4.69) is 0 Å². The van der Waals surface area contributed by atoms with Crippen molar-refractivity contribution < 1.29 is 21.6 Å². The molecule has 1 heterocycles. The van der Waals surface area contributed by atoms with Crippen LogP contribution in [-0.2, 0) is 24.8 Å². The normalized spacial score (nSPS) is 14.9. The Hall–Kier alpha value is -2.92. The van der Waals surface area contributed by atoms with E-state index in [1.165, 1.54) is 21.3 Å². The number of piperazine rings is 1. The summed E-state index contributed by atoms with van der Waals surface area (Å²) in [5.41, 5.74) is 2.71. The van der Waals surface area contributed by atoms with E-state index in [-0.39, 0.29) is 36.0 Å².